The monoisotopic (exact) mass is 320 g/mol. The summed E-state index contributed by atoms with van der Waals surface area (Å²) in [6.45, 7) is 3.52. The highest BCUT2D eigenvalue weighted by molar-refractivity contribution is 5.91. The fraction of sp³-hybridized carbons (Fsp3) is 0.600. The smallest absolute Gasteiger partial charge is 0.273 e. The molecule has 1 fully saturated rings. The van der Waals surface area contributed by atoms with Crippen LogP contribution in [0.1, 0.15) is 10.5 Å². The van der Waals surface area contributed by atoms with Gasteiger partial charge in [-0.15, -0.1) is 0 Å². The summed E-state index contributed by atoms with van der Waals surface area (Å²) in [5.41, 5.74) is 0.345. The first-order chi connectivity index (χ1) is 10.9. The molecule has 0 bridgehead atoms. The van der Waals surface area contributed by atoms with Crippen LogP contribution in [0, 0.1) is 0 Å². The summed E-state index contributed by atoms with van der Waals surface area (Å²) in [7, 11) is 6.91. The van der Waals surface area contributed by atoms with Gasteiger partial charge in [-0.1, -0.05) is 0 Å². The predicted octanol–water partition coefficient (Wildman–Crippen LogP) is -0.611. The highest BCUT2D eigenvalue weighted by Gasteiger charge is 2.21. The SMILES string of the molecule is CN(C)C(=O)CN1CCN(c2cncc(C(=O)N(C)C)n2)CC1. The van der Waals surface area contributed by atoms with Gasteiger partial charge >= 0.3 is 0 Å². The number of aromatic nitrogens is 2. The second-order valence-electron chi connectivity index (χ2n) is 6.01. The van der Waals surface area contributed by atoms with Gasteiger partial charge in [-0.05, 0) is 0 Å². The van der Waals surface area contributed by atoms with Gasteiger partial charge in [0.25, 0.3) is 5.91 Å². The second-order valence-corrected chi connectivity index (χ2v) is 6.01. The second kappa shape index (κ2) is 7.36. The fourth-order valence-corrected chi connectivity index (χ4v) is 2.31. The summed E-state index contributed by atoms with van der Waals surface area (Å²) in [6.07, 6.45) is 3.16. The number of nitrogens with zero attached hydrogens (tertiary/aromatic N) is 6. The molecule has 1 aromatic rings. The number of carbonyl (C=O) groups is 2. The molecule has 0 aromatic carbocycles. The van der Waals surface area contributed by atoms with Gasteiger partial charge in [-0.2, -0.15) is 0 Å². The largest absolute Gasteiger partial charge is 0.353 e. The van der Waals surface area contributed by atoms with Crippen molar-refractivity contribution < 1.29 is 9.59 Å². The van der Waals surface area contributed by atoms with Crippen molar-refractivity contribution >= 4 is 17.6 Å². The van der Waals surface area contributed by atoms with Gasteiger partial charge in [-0.3, -0.25) is 19.5 Å². The number of carbonyl (C=O) groups excluding carboxylic acids is 2. The Morgan fingerprint density at radius 2 is 1.70 bits per heavy atom. The first-order valence-electron chi connectivity index (χ1n) is 7.59. The quantitative estimate of drug-likeness (QED) is 0.737. The van der Waals surface area contributed by atoms with Gasteiger partial charge in [0.2, 0.25) is 5.91 Å². The normalized spacial score (nSPS) is 15.4. The molecule has 0 unspecified atom stereocenters. The minimum atomic E-state index is -0.158. The molecule has 23 heavy (non-hydrogen) atoms. The molecule has 0 N–H and O–H groups in total. The summed E-state index contributed by atoms with van der Waals surface area (Å²) in [5, 5.41) is 0. The minimum absolute atomic E-state index is 0.108. The van der Waals surface area contributed by atoms with Gasteiger partial charge in [0, 0.05) is 54.4 Å². The molecule has 1 aliphatic heterocycles. The Morgan fingerprint density at radius 1 is 1.04 bits per heavy atom. The maximum absolute atomic E-state index is 12.0. The standard InChI is InChI=1S/C15H24N6O2/c1-18(2)14(22)11-20-5-7-21(8-6-20)13-10-16-9-12(17-13)15(23)19(3)4/h9-10H,5-8,11H2,1-4H3. The van der Waals surface area contributed by atoms with Crippen molar-refractivity contribution in [1.29, 1.82) is 0 Å². The first-order valence-corrected chi connectivity index (χ1v) is 7.59. The summed E-state index contributed by atoms with van der Waals surface area (Å²) in [6, 6.07) is 0. The molecule has 2 amide bonds. The maximum atomic E-state index is 12.0. The van der Waals surface area contributed by atoms with E-state index in [4.69, 9.17) is 0 Å². The number of rotatable bonds is 4. The Morgan fingerprint density at radius 3 is 2.26 bits per heavy atom. The molecule has 0 atom stereocenters. The Hall–Kier alpha value is -2.22. The third-order valence-corrected chi connectivity index (χ3v) is 3.80. The highest BCUT2D eigenvalue weighted by Crippen LogP contribution is 2.13. The Bertz CT molecular complexity index is 567. The lowest BCUT2D eigenvalue weighted by molar-refractivity contribution is -0.129. The van der Waals surface area contributed by atoms with Crippen LogP contribution in [-0.2, 0) is 4.79 Å². The molecule has 1 aromatic heterocycles. The van der Waals surface area contributed by atoms with Gasteiger partial charge in [0.1, 0.15) is 11.5 Å². The van der Waals surface area contributed by atoms with Crippen molar-refractivity contribution in [1.82, 2.24) is 24.7 Å². The zero-order chi connectivity index (χ0) is 17.0. The van der Waals surface area contributed by atoms with E-state index in [9.17, 15) is 9.59 Å². The minimum Gasteiger partial charge on any atom is -0.353 e. The Kier molecular flexibility index (Phi) is 5.49. The highest BCUT2D eigenvalue weighted by atomic mass is 16.2. The van der Waals surface area contributed by atoms with Crippen molar-refractivity contribution in [3.63, 3.8) is 0 Å². The predicted molar refractivity (Wildman–Crippen MR) is 87.4 cm³/mol. The van der Waals surface area contributed by atoms with E-state index in [1.807, 2.05) is 0 Å². The van der Waals surface area contributed by atoms with Crippen molar-refractivity contribution in [2.45, 2.75) is 0 Å². The zero-order valence-corrected chi connectivity index (χ0v) is 14.2. The van der Waals surface area contributed by atoms with Gasteiger partial charge in [0.15, 0.2) is 0 Å². The molecule has 8 nitrogen and oxygen atoms in total. The van der Waals surface area contributed by atoms with Crippen LogP contribution in [0.2, 0.25) is 0 Å². The van der Waals surface area contributed by atoms with Crippen molar-refractivity contribution in [2.24, 2.45) is 0 Å². The lowest BCUT2D eigenvalue weighted by Crippen LogP contribution is -2.49. The lowest BCUT2D eigenvalue weighted by Gasteiger charge is -2.35. The van der Waals surface area contributed by atoms with Gasteiger partial charge in [-0.25, -0.2) is 4.98 Å². The average molecular weight is 320 g/mol. The van der Waals surface area contributed by atoms with Crippen LogP contribution in [-0.4, -0.2) is 97.4 Å². The van der Waals surface area contributed by atoms with Crippen LogP contribution < -0.4 is 4.90 Å². The number of anilines is 1. The van der Waals surface area contributed by atoms with E-state index in [0.717, 1.165) is 26.2 Å². The van der Waals surface area contributed by atoms with Crippen LogP contribution in [0.3, 0.4) is 0 Å². The van der Waals surface area contributed by atoms with Crippen molar-refractivity contribution in [3.05, 3.63) is 18.1 Å². The van der Waals surface area contributed by atoms with Crippen molar-refractivity contribution in [3.8, 4) is 0 Å². The van der Waals surface area contributed by atoms with E-state index in [-0.39, 0.29) is 11.8 Å². The molecular weight excluding hydrogens is 296 g/mol. The third-order valence-electron chi connectivity index (χ3n) is 3.80. The summed E-state index contributed by atoms with van der Waals surface area (Å²) in [5.74, 6) is 0.655. The van der Waals surface area contributed by atoms with E-state index in [2.05, 4.69) is 19.8 Å². The number of hydrogen-bond acceptors (Lipinski definition) is 6. The third kappa shape index (κ3) is 4.38. The molecule has 1 saturated heterocycles. The van der Waals surface area contributed by atoms with Crippen LogP contribution in [0.5, 0.6) is 0 Å². The molecular formula is C15H24N6O2. The molecule has 0 radical (unpaired) electrons. The number of likely N-dealkylation sites (N-methyl/N-ethyl adjacent to an activating group) is 1. The molecule has 0 spiro atoms. The number of amides is 2. The average Bonchev–Trinajstić information content (AvgIpc) is 2.54. The van der Waals surface area contributed by atoms with E-state index >= 15 is 0 Å². The first kappa shape index (κ1) is 17.1. The molecule has 1 aliphatic rings. The van der Waals surface area contributed by atoms with Crippen LogP contribution in [0.4, 0.5) is 5.82 Å². The summed E-state index contributed by atoms with van der Waals surface area (Å²) >= 11 is 0. The molecule has 0 aliphatic carbocycles. The maximum Gasteiger partial charge on any atom is 0.273 e. The molecule has 126 valence electrons. The van der Waals surface area contributed by atoms with Crippen LogP contribution in [0.15, 0.2) is 12.4 Å². The van der Waals surface area contributed by atoms with E-state index < -0.39 is 0 Å². The summed E-state index contributed by atoms with van der Waals surface area (Å²) in [4.78, 5) is 39.6. The van der Waals surface area contributed by atoms with Crippen LogP contribution in [0.25, 0.3) is 0 Å². The van der Waals surface area contributed by atoms with E-state index in [1.54, 1.807) is 39.3 Å². The Labute approximate surface area is 136 Å². The lowest BCUT2D eigenvalue weighted by atomic mass is 10.3. The van der Waals surface area contributed by atoms with Gasteiger partial charge in [0.05, 0.1) is 18.9 Å². The summed E-state index contributed by atoms with van der Waals surface area (Å²) < 4.78 is 0. The molecule has 0 saturated carbocycles. The number of hydrogen-bond donors (Lipinski definition) is 0. The molecule has 2 rings (SSSR count). The van der Waals surface area contributed by atoms with E-state index in [1.165, 1.54) is 11.1 Å². The van der Waals surface area contributed by atoms with E-state index in [0.29, 0.717) is 18.1 Å². The molecule has 2 heterocycles. The topological polar surface area (TPSA) is 72.9 Å². The molecule has 8 heteroatoms. The van der Waals surface area contributed by atoms with Crippen LogP contribution >= 0.6 is 0 Å². The fourth-order valence-electron chi connectivity index (χ4n) is 2.31. The zero-order valence-electron chi connectivity index (χ0n) is 14.2. The van der Waals surface area contributed by atoms with Crippen molar-refractivity contribution in [2.75, 3.05) is 65.8 Å². The van der Waals surface area contributed by atoms with Gasteiger partial charge < -0.3 is 14.7 Å². The Balaban J connectivity index is 1.96. The number of piperazine rings is 1.